The van der Waals surface area contributed by atoms with Crippen LogP contribution in [0.25, 0.3) is 0 Å². The molecule has 0 saturated carbocycles. The van der Waals surface area contributed by atoms with E-state index < -0.39 is 74.2 Å². The third-order valence-corrected chi connectivity index (χ3v) is 7.46. The van der Waals surface area contributed by atoms with E-state index in [0.29, 0.717) is 6.42 Å². The van der Waals surface area contributed by atoms with Gasteiger partial charge in [-0.2, -0.15) is 0 Å². The first kappa shape index (κ1) is 37.1. The molecule has 9 N–H and O–H groups in total. The Morgan fingerprint density at radius 2 is 1.27 bits per heavy atom. The molecule has 1 fully saturated rings. The molecule has 0 aromatic carbocycles. The maximum Gasteiger partial charge on any atom is 0.251 e. The summed E-state index contributed by atoms with van der Waals surface area (Å²) < 4.78 is 10.5. The Hall–Kier alpha value is -0.930. The minimum absolute atomic E-state index is 0.279. The number of ether oxygens (including phenoxy) is 2. The first-order chi connectivity index (χ1) is 19.2. The molecule has 1 saturated heterocycles. The highest BCUT2D eigenvalue weighted by Gasteiger charge is 2.47. The summed E-state index contributed by atoms with van der Waals surface area (Å²) in [6.45, 7) is 0.853. The van der Waals surface area contributed by atoms with Gasteiger partial charge in [-0.1, -0.05) is 90.4 Å². The maximum atomic E-state index is 12.4. The summed E-state index contributed by atoms with van der Waals surface area (Å²) in [5, 5.41) is 82.1. The Bertz CT molecular complexity index is 641. The lowest BCUT2D eigenvalue weighted by molar-refractivity contribution is -0.326. The van der Waals surface area contributed by atoms with Crippen LogP contribution in [0.4, 0.5) is 0 Å². The normalized spacial score (nSPS) is 26.3. The van der Waals surface area contributed by atoms with Gasteiger partial charge >= 0.3 is 0 Å². The number of hydrogen-bond donors (Lipinski definition) is 9. The Morgan fingerprint density at radius 1 is 0.775 bits per heavy atom. The maximum absolute atomic E-state index is 12.4. The zero-order chi connectivity index (χ0) is 29.9. The minimum Gasteiger partial charge on any atom is -0.394 e. The van der Waals surface area contributed by atoms with Crippen LogP contribution in [0.15, 0.2) is 0 Å². The molecule has 0 aromatic heterocycles. The zero-order valence-electron chi connectivity index (χ0n) is 24.0. The number of amides is 1. The van der Waals surface area contributed by atoms with E-state index in [1.807, 2.05) is 0 Å². The Balaban J connectivity index is 2.32. The Morgan fingerprint density at radius 3 is 1.75 bits per heavy atom. The molecule has 40 heavy (non-hydrogen) atoms. The first-order valence-electron chi connectivity index (χ1n) is 15.1. The quantitative estimate of drug-likeness (QED) is 0.0724. The third-order valence-electron chi connectivity index (χ3n) is 7.46. The van der Waals surface area contributed by atoms with Crippen molar-refractivity contribution >= 4 is 5.91 Å². The summed E-state index contributed by atoms with van der Waals surface area (Å²) in [6, 6.07) is 0. The molecular formula is C28H55NO11. The van der Waals surface area contributed by atoms with E-state index in [0.717, 1.165) is 19.3 Å². The molecule has 0 radical (unpaired) electrons. The molecule has 1 aliphatic heterocycles. The fraction of sp³-hybridized carbons (Fsp3) is 0.964. The molecule has 12 heteroatoms. The van der Waals surface area contributed by atoms with Gasteiger partial charge in [0.15, 0.2) is 12.4 Å². The lowest BCUT2D eigenvalue weighted by atomic mass is 9.98. The van der Waals surface area contributed by atoms with Crippen molar-refractivity contribution in [1.82, 2.24) is 5.32 Å². The molecule has 2 unspecified atom stereocenters. The molecule has 1 rings (SSSR count). The molecule has 1 aliphatic rings. The van der Waals surface area contributed by atoms with Crippen molar-refractivity contribution in [3.05, 3.63) is 0 Å². The molecule has 12 nitrogen and oxygen atoms in total. The van der Waals surface area contributed by atoms with E-state index in [-0.39, 0.29) is 6.54 Å². The lowest BCUT2D eigenvalue weighted by Gasteiger charge is -2.42. The monoisotopic (exact) mass is 581 g/mol. The van der Waals surface area contributed by atoms with Gasteiger partial charge in [0.2, 0.25) is 0 Å². The van der Waals surface area contributed by atoms with E-state index in [4.69, 9.17) is 9.47 Å². The summed E-state index contributed by atoms with van der Waals surface area (Å²) >= 11 is 0. The number of rotatable bonds is 23. The van der Waals surface area contributed by atoms with Gasteiger partial charge in [-0.15, -0.1) is 0 Å². The molecule has 1 heterocycles. The lowest BCUT2D eigenvalue weighted by Crippen LogP contribution is -2.62. The number of nitrogens with one attached hydrogen (secondary N) is 1. The van der Waals surface area contributed by atoms with Crippen LogP contribution in [-0.4, -0.2) is 122 Å². The van der Waals surface area contributed by atoms with Gasteiger partial charge in [0.1, 0.15) is 42.7 Å². The highest BCUT2D eigenvalue weighted by Crippen LogP contribution is 2.25. The van der Waals surface area contributed by atoms with Crippen LogP contribution in [0.2, 0.25) is 0 Å². The van der Waals surface area contributed by atoms with E-state index in [1.54, 1.807) is 0 Å². The standard InChI is InChI=1S/C28H55NO11/c1-2-3-4-5-6-7-8-9-10-11-12-13-14-15-16-29-27(38)24(36)23(35)26(19(32)17-30)40-28-25(37)22(34)21(33)20(18-31)39-28/h19-26,28,30-37H,2-18H2,1H3,(H,29,38)/t19-,20?,21-,22+,23-,24-,25?,26-,28-/m1/s1. The summed E-state index contributed by atoms with van der Waals surface area (Å²) in [5.41, 5.74) is 0. The second-order valence-corrected chi connectivity index (χ2v) is 10.9. The second-order valence-electron chi connectivity index (χ2n) is 10.9. The molecular weight excluding hydrogens is 526 g/mol. The van der Waals surface area contributed by atoms with Crippen LogP contribution in [0.1, 0.15) is 96.8 Å². The van der Waals surface area contributed by atoms with Crippen molar-refractivity contribution in [3.63, 3.8) is 0 Å². The minimum atomic E-state index is -2.04. The third kappa shape index (κ3) is 13.4. The highest BCUT2D eigenvalue weighted by molar-refractivity contribution is 5.81. The summed E-state index contributed by atoms with van der Waals surface area (Å²) in [4.78, 5) is 12.4. The summed E-state index contributed by atoms with van der Waals surface area (Å²) in [6.07, 6.45) is 0.720. The van der Waals surface area contributed by atoms with E-state index in [9.17, 15) is 45.6 Å². The fourth-order valence-electron chi connectivity index (χ4n) is 4.81. The number of hydrogen-bond acceptors (Lipinski definition) is 11. The predicted octanol–water partition coefficient (Wildman–Crippen LogP) is -0.156. The van der Waals surface area contributed by atoms with Crippen LogP contribution in [0, 0.1) is 0 Å². The fourth-order valence-corrected chi connectivity index (χ4v) is 4.81. The van der Waals surface area contributed by atoms with Gasteiger partial charge < -0.3 is 55.6 Å². The largest absolute Gasteiger partial charge is 0.394 e. The van der Waals surface area contributed by atoms with Gasteiger partial charge in [-0.05, 0) is 6.42 Å². The molecule has 0 aromatic rings. The van der Waals surface area contributed by atoms with Crippen LogP contribution < -0.4 is 5.32 Å². The van der Waals surface area contributed by atoms with Crippen LogP contribution in [0.5, 0.6) is 0 Å². The summed E-state index contributed by atoms with van der Waals surface area (Å²) in [7, 11) is 0. The van der Waals surface area contributed by atoms with Gasteiger partial charge in [0, 0.05) is 6.54 Å². The Kier molecular flexibility index (Phi) is 20.1. The van der Waals surface area contributed by atoms with Crippen molar-refractivity contribution in [2.24, 2.45) is 0 Å². The number of carbonyl (C=O) groups excluding carboxylic acids is 1. The van der Waals surface area contributed by atoms with Crippen molar-refractivity contribution in [3.8, 4) is 0 Å². The SMILES string of the molecule is CCCCCCCCCCCCCCCCNC(=O)[C@H](O)[C@@H](O)[C@H](O[C@H]1OC(CO)[C@@H](O)[C@H](O)C1O)[C@H](O)CO. The topological polar surface area (TPSA) is 209 Å². The average Bonchev–Trinajstić information content (AvgIpc) is 2.96. The molecule has 0 aliphatic carbocycles. The van der Waals surface area contributed by atoms with Crippen LogP contribution in [-0.2, 0) is 14.3 Å². The smallest absolute Gasteiger partial charge is 0.251 e. The van der Waals surface area contributed by atoms with E-state index in [1.165, 1.54) is 64.2 Å². The number of aliphatic hydroxyl groups is 8. The van der Waals surface area contributed by atoms with Gasteiger partial charge in [0.25, 0.3) is 5.91 Å². The van der Waals surface area contributed by atoms with Crippen molar-refractivity contribution < 1.29 is 55.1 Å². The van der Waals surface area contributed by atoms with Crippen molar-refractivity contribution in [2.45, 2.75) is 152 Å². The van der Waals surface area contributed by atoms with Gasteiger partial charge in [0.05, 0.1) is 13.2 Å². The summed E-state index contributed by atoms with van der Waals surface area (Å²) in [5.74, 6) is -0.908. The average molecular weight is 582 g/mol. The zero-order valence-corrected chi connectivity index (χ0v) is 24.0. The molecule has 0 spiro atoms. The van der Waals surface area contributed by atoms with Crippen molar-refractivity contribution in [2.75, 3.05) is 19.8 Å². The number of carbonyl (C=O) groups is 1. The number of aliphatic hydroxyl groups excluding tert-OH is 8. The highest BCUT2D eigenvalue weighted by atomic mass is 16.7. The Labute approximate surface area is 238 Å². The molecule has 1 amide bonds. The molecule has 0 bridgehead atoms. The molecule has 238 valence electrons. The van der Waals surface area contributed by atoms with Crippen LogP contribution in [0.3, 0.4) is 0 Å². The predicted molar refractivity (Wildman–Crippen MR) is 147 cm³/mol. The van der Waals surface area contributed by atoms with E-state index in [2.05, 4.69) is 12.2 Å². The van der Waals surface area contributed by atoms with Gasteiger partial charge in [-0.25, -0.2) is 0 Å². The van der Waals surface area contributed by atoms with E-state index >= 15 is 0 Å². The van der Waals surface area contributed by atoms with Gasteiger partial charge in [-0.3, -0.25) is 4.79 Å². The first-order valence-corrected chi connectivity index (χ1v) is 15.1. The van der Waals surface area contributed by atoms with Crippen molar-refractivity contribution in [1.29, 1.82) is 0 Å². The second kappa shape index (κ2) is 21.7. The number of unbranched alkanes of at least 4 members (excludes halogenated alkanes) is 13. The molecule has 9 atom stereocenters. The van der Waals surface area contributed by atoms with Crippen LogP contribution >= 0.6 is 0 Å².